The Morgan fingerprint density at radius 1 is 0.698 bits per heavy atom. The van der Waals surface area contributed by atoms with Crippen LogP contribution in [-0.2, 0) is 9.59 Å². The number of carbonyl (C=O) groups is 4. The monoisotopic (exact) mass is 851 g/mol. The van der Waals surface area contributed by atoms with Crippen LogP contribution in [0.5, 0.6) is 11.5 Å². The molecule has 4 amide bonds. The van der Waals surface area contributed by atoms with Gasteiger partial charge in [-0.3, -0.25) is 34.3 Å². The molecule has 326 valence electrons. The largest absolute Gasteiger partial charge is 0.457 e. The van der Waals surface area contributed by atoms with E-state index in [0.717, 1.165) is 129 Å². The molecular weight excluding hydrogens is 799 g/mol. The van der Waals surface area contributed by atoms with E-state index in [-0.39, 0.29) is 24.8 Å². The molecule has 16 heteroatoms. The first-order chi connectivity index (χ1) is 30.8. The van der Waals surface area contributed by atoms with Gasteiger partial charge in [-0.2, -0.15) is 5.10 Å². The summed E-state index contributed by atoms with van der Waals surface area (Å²) in [5, 5.41) is 8.18. The third-order valence-electron chi connectivity index (χ3n) is 13.6. The minimum Gasteiger partial charge on any atom is -0.457 e. The van der Waals surface area contributed by atoms with Crippen molar-refractivity contribution in [3.05, 3.63) is 90.3 Å². The number of rotatable bonds is 11. The number of piperidine rings is 3. The summed E-state index contributed by atoms with van der Waals surface area (Å²) in [7, 11) is 0. The Bertz CT molecular complexity index is 2510. The number of amides is 4. The first-order valence-corrected chi connectivity index (χ1v) is 22.4. The standard InChI is InChI=1S/C47H53N11O5/c48-43-41-42(32-6-9-36(10-7-32)63-35-4-2-1-3-5-35)52-58(44(41)50-30-49-43)33-16-20-55(21-17-33)29-31-14-18-53(19-15-31)22-23-54-24-26-56(27-25-54)34-8-11-37-38(28-34)47(62)57(46(37)61)39-12-13-40(59)51-45(39)60/h1-11,28,30-31,33,39H,12-27,29H2,(H2,48,49,50)(H,51,59,60). The van der Waals surface area contributed by atoms with Crippen molar-refractivity contribution in [1.29, 1.82) is 0 Å². The second-order valence-corrected chi connectivity index (χ2v) is 17.5. The van der Waals surface area contributed by atoms with Crippen molar-refractivity contribution in [1.82, 2.24) is 44.7 Å². The molecule has 0 bridgehead atoms. The van der Waals surface area contributed by atoms with Gasteiger partial charge in [0.1, 0.15) is 35.4 Å². The van der Waals surface area contributed by atoms with Crippen LogP contribution in [0.2, 0.25) is 0 Å². The van der Waals surface area contributed by atoms with Gasteiger partial charge in [-0.05, 0) is 106 Å². The number of nitrogen functional groups attached to an aromatic ring is 1. The molecular formula is C47H53N11O5. The summed E-state index contributed by atoms with van der Waals surface area (Å²) < 4.78 is 8.11. The highest BCUT2D eigenvalue weighted by atomic mass is 16.5. The zero-order valence-corrected chi connectivity index (χ0v) is 35.4. The minimum absolute atomic E-state index is 0.102. The van der Waals surface area contributed by atoms with Crippen molar-refractivity contribution in [2.75, 3.05) is 82.6 Å². The minimum atomic E-state index is -0.961. The molecule has 0 spiro atoms. The number of imide groups is 2. The van der Waals surface area contributed by atoms with Crippen LogP contribution in [0.3, 0.4) is 0 Å². The molecule has 4 saturated heterocycles. The van der Waals surface area contributed by atoms with Crippen molar-refractivity contribution in [3.63, 3.8) is 0 Å². The molecule has 63 heavy (non-hydrogen) atoms. The van der Waals surface area contributed by atoms with Crippen LogP contribution in [0.25, 0.3) is 22.3 Å². The van der Waals surface area contributed by atoms with Gasteiger partial charge in [-0.15, -0.1) is 0 Å². The number of benzene rings is 3. The second-order valence-electron chi connectivity index (χ2n) is 17.5. The Labute approximate surface area is 366 Å². The number of carbonyl (C=O) groups excluding carboxylic acids is 4. The highest BCUT2D eigenvalue weighted by Crippen LogP contribution is 2.36. The summed E-state index contributed by atoms with van der Waals surface area (Å²) in [6.07, 6.45) is 6.22. The summed E-state index contributed by atoms with van der Waals surface area (Å²) in [6, 6.07) is 22.3. The highest BCUT2D eigenvalue weighted by Gasteiger charge is 2.45. The van der Waals surface area contributed by atoms with Gasteiger partial charge in [-0.1, -0.05) is 18.2 Å². The zero-order valence-electron chi connectivity index (χ0n) is 35.4. The van der Waals surface area contributed by atoms with E-state index in [1.165, 1.54) is 19.2 Å². The maximum Gasteiger partial charge on any atom is 0.262 e. The molecule has 2 aromatic heterocycles. The number of piperazine rings is 1. The Morgan fingerprint density at radius 2 is 1.38 bits per heavy atom. The summed E-state index contributed by atoms with van der Waals surface area (Å²) >= 11 is 0. The number of nitrogens with one attached hydrogen (secondary N) is 1. The summed E-state index contributed by atoms with van der Waals surface area (Å²) in [5.74, 6) is 0.755. The third-order valence-corrected chi connectivity index (χ3v) is 13.6. The lowest BCUT2D eigenvalue weighted by Gasteiger charge is -2.39. The number of ether oxygens (including phenoxy) is 1. The Balaban J connectivity index is 0.667. The van der Waals surface area contributed by atoms with E-state index in [1.807, 2.05) is 60.7 Å². The third kappa shape index (κ3) is 8.37. The van der Waals surface area contributed by atoms with Gasteiger partial charge < -0.3 is 25.2 Å². The molecule has 5 aromatic rings. The van der Waals surface area contributed by atoms with E-state index in [2.05, 4.69) is 39.6 Å². The fourth-order valence-corrected chi connectivity index (χ4v) is 10.0. The summed E-state index contributed by atoms with van der Waals surface area (Å²) in [4.78, 5) is 70.7. The number of aromatic nitrogens is 4. The van der Waals surface area contributed by atoms with Gasteiger partial charge in [0.25, 0.3) is 11.8 Å². The first-order valence-electron chi connectivity index (χ1n) is 22.4. The Kier molecular flexibility index (Phi) is 11.3. The van der Waals surface area contributed by atoms with Gasteiger partial charge in [0.05, 0.1) is 22.6 Å². The van der Waals surface area contributed by atoms with E-state index < -0.39 is 23.8 Å². The molecule has 3 N–H and O–H groups in total. The maximum atomic E-state index is 13.4. The molecule has 0 aliphatic carbocycles. The van der Waals surface area contributed by atoms with Crippen LogP contribution in [0.15, 0.2) is 79.1 Å². The number of para-hydroxylation sites is 1. The Morgan fingerprint density at radius 3 is 2.11 bits per heavy atom. The number of likely N-dealkylation sites (tertiary alicyclic amines) is 2. The predicted octanol–water partition coefficient (Wildman–Crippen LogP) is 4.44. The van der Waals surface area contributed by atoms with Gasteiger partial charge in [0, 0.05) is 76.6 Å². The van der Waals surface area contributed by atoms with Crippen molar-refractivity contribution < 1.29 is 23.9 Å². The van der Waals surface area contributed by atoms with E-state index in [9.17, 15) is 19.2 Å². The SMILES string of the molecule is Nc1ncnc2c1c(-c1ccc(Oc3ccccc3)cc1)nn2C1CCN(CC2CCN(CCN3CCN(c4ccc5c(c4)C(=O)N(C4CCC(=O)NC4=O)C5=O)CC3)CC2)CC1. The average Bonchev–Trinajstić information content (AvgIpc) is 3.82. The molecule has 3 aromatic carbocycles. The van der Waals surface area contributed by atoms with Crippen LogP contribution >= 0.6 is 0 Å². The molecule has 0 radical (unpaired) electrons. The van der Waals surface area contributed by atoms with Crippen molar-refractivity contribution in [3.8, 4) is 22.8 Å². The molecule has 7 heterocycles. The Hall–Kier alpha value is -6.23. The topological polar surface area (TPSA) is 175 Å². The predicted molar refractivity (Wildman–Crippen MR) is 237 cm³/mol. The van der Waals surface area contributed by atoms with Crippen LogP contribution in [-0.4, -0.2) is 141 Å². The van der Waals surface area contributed by atoms with Gasteiger partial charge in [0.2, 0.25) is 11.8 Å². The molecule has 10 rings (SSSR count). The maximum absolute atomic E-state index is 13.4. The average molecular weight is 852 g/mol. The lowest BCUT2D eigenvalue weighted by molar-refractivity contribution is -0.136. The number of anilines is 2. The smallest absolute Gasteiger partial charge is 0.262 e. The normalized spacial score (nSPS) is 21.0. The molecule has 1 atom stereocenters. The number of nitrogens with two attached hydrogens (primary N) is 1. The summed E-state index contributed by atoms with van der Waals surface area (Å²) in [5.41, 5.74) is 10.5. The van der Waals surface area contributed by atoms with Crippen molar-refractivity contribution in [2.45, 2.75) is 50.6 Å². The molecule has 16 nitrogen and oxygen atoms in total. The van der Waals surface area contributed by atoms with Crippen molar-refractivity contribution in [2.24, 2.45) is 5.92 Å². The lowest BCUT2D eigenvalue weighted by atomic mass is 9.94. The second kappa shape index (κ2) is 17.5. The first kappa shape index (κ1) is 40.8. The molecule has 1 unspecified atom stereocenters. The van der Waals surface area contributed by atoms with Gasteiger partial charge in [-0.25, -0.2) is 14.6 Å². The van der Waals surface area contributed by atoms with E-state index in [1.54, 1.807) is 12.1 Å². The van der Waals surface area contributed by atoms with Crippen LogP contribution in [0.1, 0.15) is 65.3 Å². The number of hydrogen-bond donors (Lipinski definition) is 2. The molecule has 0 saturated carbocycles. The summed E-state index contributed by atoms with van der Waals surface area (Å²) in [6.45, 7) is 11.0. The van der Waals surface area contributed by atoms with Crippen LogP contribution in [0, 0.1) is 5.92 Å². The molecule has 5 aliphatic rings. The molecule has 5 aliphatic heterocycles. The fraction of sp³-hybridized carbons (Fsp3) is 0.426. The van der Waals surface area contributed by atoms with E-state index >= 15 is 0 Å². The van der Waals surface area contributed by atoms with Gasteiger partial charge in [0.15, 0.2) is 5.65 Å². The highest BCUT2D eigenvalue weighted by molar-refractivity contribution is 6.23. The van der Waals surface area contributed by atoms with Crippen LogP contribution < -0.4 is 20.7 Å². The lowest BCUT2D eigenvalue weighted by Crippen LogP contribution is -2.54. The van der Waals surface area contributed by atoms with Crippen LogP contribution in [0.4, 0.5) is 11.5 Å². The van der Waals surface area contributed by atoms with Crippen molar-refractivity contribution >= 4 is 46.2 Å². The van der Waals surface area contributed by atoms with Gasteiger partial charge >= 0.3 is 0 Å². The number of fused-ring (bicyclic) bond motifs is 2. The molecule has 4 fully saturated rings. The quantitative estimate of drug-likeness (QED) is 0.179. The van der Waals surface area contributed by atoms with E-state index in [4.69, 9.17) is 15.6 Å². The zero-order chi connectivity index (χ0) is 43.0. The number of hydrogen-bond acceptors (Lipinski definition) is 13. The fourth-order valence-electron chi connectivity index (χ4n) is 10.0. The van der Waals surface area contributed by atoms with E-state index in [0.29, 0.717) is 22.9 Å². The number of nitrogens with zero attached hydrogens (tertiary/aromatic N) is 9.